The van der Waals surface area contributed by atoms with Crippen molar-refractivity contribution in [2.24, 2.45) is 5.16 Å². The van der Waals surface area contributed by atoms with E-state index in [-0.39, 0.29) is 24.6 Å². The molecule has 1 aromatic carbocycles. The van der Waals surface area contributed by atoms with Gasteiger partial charge in [0.05, 0.1) is 13.3 Å². The van der Waals surface area contributed by atoms with E-state index in [0.717, 1.165) is 22.6 Å². The summed E-state index contributed by atoms with van der Waals surface area (Å²) in [7, 11) is 1.59. The van der Waals surface area contributed by atoms with Crippen LogP contribution in [0.4, 0.5) is 0 Å². The van der Waals surface area contributed by atoms with Crippen LogP contribution in [0.2, 0.25) is 0 Å². The molecule has 7 heteroatoms. The van der Waals surface area contributed by atoms with Crippen LogP contribution >= 0.6 is 0 Å². The highest BCUT2D eigenvalue weighted by Crippen LogP contribution is 2.09. The summed E-state index contributed by atoms with van der Waals surface area (Å²) in [4.78, 5) is 31.3. The lowest BCUT2D eigenvalue weighted by Gasteiger charge is -2.07. The molecule has 2 aromatic rings. The number of carbonyl (C=O) groups excluding carboxylic acids is 1. The van der Waals surface area contributed by atoms with Gasteiger partial charge in [0.25, 0.3) is 11.5 Å². The second-order valence-corrected chi connectivity index (χ2v) is 5.50. The number of oxime groups is 1. The number of amides is 1. The first kappa shape index (κ1) is 18.3. The van der Waals surface area contributed by atoms with Crippen LogP contribution in [0.15, 0.2) is 40.3 Å². The predicted molar refractivity (Wildman–Crippen MR) is 94.9 cm³/mol. The normalized spacial score (nSPS) is 10.7. The molecule has 0 atom stereocenters. The third kappa shape index (κ3) is 5.49. The number of aromatic amines is 1. The summed E-state index contributed by atoms with van der Waals surface area (Å²) in [6, 6.07) is 9.10. The zero-order valence-electron chi connectivity index (χ0n) is 14.5. The van der Waals surface area contributed by atoms with Gasteiger partial charge in [0.1, 0.15) is 5.75 Å². The third-order valence-corrected chi connectivity index (χ3v) is 3.54. The van der Waals surface area contributed by atoms with Gasteiger partial charge in [-0.25, -0.2) is 0 Å². The topological polar surface area (TPSA) is 92.8 Å². The molecule has 1 heterocycles. The molecule has 0 aliphatic heterocycles. The van der Waals surface area contributed by atoms with E-state index in [4.69, 9.17) is 9.57 Å². The van der Waals surface area contributed by atoms with Crippen molar-refractivity contribution in [1.82, 2.24) is 10.3 Å². The van der Waals surface area contributed by atoms with E-state index in [0.29, 0.717) is 5.56 Å². The Balaban J connectivity index is 1.79. The lowest BCUT2D eigenvalue weighted by Crippen LogP contribution is -2.30. The highest BCUT2D eigenvalue weighted by atomic mass is 16.6. The molecule has 7 nitrogen and oxygen atoms in total. The minimum atomic E-state index is -0.355. The van der Waals surface area contributed by atoms with Gasteiger partial charge >= 0.3 is 0 Å². The quantitative estimate of drug-likeness (QED) is 0.591. The summed E-state index contributed by atoms with van der Waals surface area (Å²) >= 11 is 0. The molecule has 0 unspecified atom stereocenters. The summed E-state index contributed by atoms with van der Waals surface area (Å²) in [6.07, 6.45) is 1.50. The van der Waals surface area contributed by atoms with Crippen molar-refractivity contribution in [3.63, 3.8) is 0 Å². The van der Waals surface area contributed by atoms with E-state index in [1.54, 1.807) is 19.2 Å². The molecule has 0 fully saturated rings. The number of nitrogens with one attached hydrogen (secondary N) is 2. The van der Waals surface area contributed by atoms with Crippen LogP contribution in [0.5, 0.6) is 5.75 Å². The number of pyridine rings is 1. The van der Waals surface area contributed by atoms with Crippen molar-refractivity contribution in [2.75, 3.05) is 13.7 Å². The molecule has 1 aromatic heterocycles. The number of H-pyrrole nitrogens is 1. The zero-order valence-corrected chi connectivity index (χ0v) is 14.5. The fourth-order valence-electron chi connectivity index (χ4n) is 2.22. The molecule has 2 N–H and O–H groups in total. The molecule has 1 amide bonds. The van der Waals surface area contributed by atoms with Gasteiger partial charge in [0, 0.05) is 17.8 Å². The van der Waals surface area contributed by atoms with E-state index in [9.17, 15) is 9.59 Å². The molecule has 0 bridgehead atoms. The number of hydrogen-bond donors (Lipinski definition) is 2. The summed E-state index contributed by atoms with van der Waals surface area (Å²) in [5.41, 5.74) is 2.77. The molecule has 2 rings (SSSR count). The van der Waals surface area contributed by atoms with Gasteiger partial charge in [0.2, 0.25) is 0 Å². The Morgan fingerprint density at radius 2 is 2.00 bits per heavy atom. The maximum atomic E-state index is 11.9. The van der Waals surface area contributed by atoms with Crippen LogP contribution in [0, 0.1) is 13.8 Å². The molecule has 0 aliphatic carbocycles. The SMILES string of the molecule is COc1ccc(/C=N\OCC(=O)NCc2c(C)cc(C)[nH]c2=O)cc1. The van der Waals surface area contributed by atoms with Crippen LogP contribution in [-0.4, -0.2) is 30.8 Å². The highest BCUT2D eigenvalue weighted by Gasteiger charge is 2.07. The largest absolute Gasteiger partial charge is 0.497 e. The van der Waals surface area contributed by atoms with Crippen LogP contribution in [0.25, 0.3) is 0 Å². The first-order chi connectivity index (χ1) is 12.0. The second kappa shape index (κ2) is 8.68. The average Bonchev–Trinajstić information content (AvgIpc) is 2.58. The van der Waals surface area contributed by atoms with Gasteiger partial charge in [-0.2, -0.15) is 0 Å². The number of methoxy groups -OCH3 is 1. The molecular formula is C18H21N3O4. The Hall–Kier alpha value is -3.09. The first-order valence-corrected chi connectivity index (χ1v) is 7.75. The summed E-state index contributed by atoms with van der Waals surface area (Å²) in [6.45, 7) is 3.56. The van der Waals surface area contributed by atoms with Crippen molar-refractivity contribution >= 4 is 12.1 Å². The Labute approximate surface area is 145 Å². The van der Waals surface area contributed by atoms with Gasteiger partial charge < -0.3 is 19.9 Å². The molecule has 0 saturated carbocycles. The molecule has 0 saturated heterocycles. The van der Waals surface area contributed by atoms with Crippen LogP contribution in [0.1, 0.15) is 22.4 Å². The third-order valence-electron chi connectivity index (χ3n) is 3.54. The number of nitrogens with zero attached hydrogens (tertiary/aromatic N) is 1. The van der Waals surface area contributed by atoms with Crippen molar-refractivity contribution in [3.8, 4) is 5.75 Å². The lowest BCUT2D eigenvalue weighted by atomic mass is 10.1. The predicted octanol–water partition coefficient (Wildman–Crippen LogP) is 1.67. The van der Waals surface area contributed by atoms with Crippen molar-refractivity contribution in [3.05, 3.63) is 63.1 Å². The van der Waals surface area contributed by atoms with E-state index in [1.807, 2.05) is 32.0 Å². The highest BCUT2D eigenvalue weighted by molar-refractivity contribution is 5.80. The van der Waals surface area contributed by atoms with Crippen molar-refractivity contribution in [1.29, 1.82) is 0 Å². The van der Waals surface area contributed by atoms with Crippen LogP contribution in [-0.2, 0) is 16.2 Å². The summed E-state index contributed by atoms with van der Waals surface area (Å²) in [5, 5.41) is 6.38. The summed E-state index contributed by atoms with van der Waals surface area (Å²) in [5.74, 6) is 0.394. The van der Waals surface area contributed by atoms with Gasteiger partial charge in [-0.15, -0.1) is 0 Å². The van der Waals surface area contributed by atoms with E-state index in [2.05, 4.69) is 15.5 Å². The monoisotopic (exact) mass is 343 g/mol. The fraction of sp³-hybridized carbons (Fsp3) is 0.278. The minimum Gasteiger partial charge on any atom is -0.497 e. The zero-order chi connectivity index (χ0) is 18.2. The Bertz CT molecular complexity index is 810. The Morgan fingerprint density at radius 3 is 2.64 bits per heavy atom. The number of hydrogen-bond acceptors (Lipinski definition) is 5. The molecule has 0 radical (unpaired) electrons. The molecule has 0 aliphatic rings. The number of ether oxygens (including phenoxy) is 1. The average molecular weight is 343 g/mol. The second-order valence-electron chi connectivity index (χ2n) is 5.50. The standard InChI is InChI=1S/C18H21N3O4/c1-12-8-13(2)21-18(23)16(12)10-19-17(22)11-25-20-9-14-4-6-15(24-3)7-5-14/h4-9H,10-11H2,1-3H3,(H,19,22)(H,21,23)/b20-9-. The minimum absolute atomic E-state index is 0.145. The van der Waals surface area contributed by atoms with Crippen molar-refractivity contribution < 1.29 is 14.4 Å². The Kier molecular flexibility index (Phi) is 6.33. The number of rotatable bonds is 7. The van der Waals surface area contributed by atoms with Gasteiger partial charge in [-0.1, -0.05) is 5.16 Å². The molecule has 25 heavy (non-hydrogen) atoms. The maximum absolute atomic E-state index is 11.9. The number of aryl methyl sites for hydroxylation is 2. The van der Waals surface area contributed by atoms with Crippen molar-refractivity contribution in [2.45, 2.75) is 20.4 Å². The van der Waals surface area contributed by atoms with Crippen LogP contribution in [0.3, 0.4) is 0 Å². The van der Waals surface area contributed by atoms with Gasteiger partial charge in [0.15, 0.2) is 6.61 Å². The van der Waals surface area contributed by atoms with E-state index >= 15 is 0 Å². The summed E-state index contributed by atoms with van der Waals surface area (Å²) < 4.78 is 5.06. The van der Waals surface area contributed by atoms with E-state index in [1.165, 1.54) is 6.21 Å². The lowest BCUT2D eigenvalue weighted by molar-refractivity contribution is -0.125. The molecule has 132 valence electrons. The number of aromatic nitrogens is 1. The fourth-order valence-corrected chi connectivity index (χ4v) is 2.22. The maximum Gasteiger partial charge on any atom is 0.261 e. The van der Waals surface area contributed by atoms with E-state index < -0.39 is 0 Å². The first-order valence-electron chi connectivity index (χ1n) is 7.75. The number of benzene rings is 1. The molecular weight excluding hydrogens is 322 g/mol. The Morgan fingerprint density at radius 1 is 1.28 bits per heavy atom. The number of carbonyl (C=O) groups is 1. The van der Waals surface area contributed by atoms with Gasteiger partial charge in [-0.3, -0.25) is 9.59 Å². The molecule has 0 spiro atoms. The smallest absolute Gasteiger partial charge is 0.261 e. The van der Waals surface area contributed by atoms with Crippen LogP contribution < -0.4 is 15.6 Å². The van der Waals surface area contributed by atoms with Gasteiger partial charge in [-0.05, 0) is 55.3 Å².